The fraction of sp³-hybridized carbons (Fsp3) is 0.737. The van der Waals surface area contributed by atoms with Gasteiger partial charge < -0.3 is 14.4 Å². The summed E-state index contributed by atoms with van der Waals surface area (Å²) in [5.41, 5.74) is 0. The van der Waals surface area contributed by atoms with Crippen molar-refractivity contribution in [1.82, 2.24) is 9.80 Å². The standard InChI is InChI=1S/C19H28N2O3S/c1-14-2-3-17(25-14)10-20-9-16-13-24-12-15(18(16)11-20)8-19(22)21-4-6-23-7-5-21/h2-3,15-16,18H,4-13H2,1H3/t15-,16-,18+/m0/s1. The van der Waals surface area contributed by atoms with Gasteiger partial charge in [-0.15, -0.1) is 11.3 Å². The van der Waals surface area contributed by atoms with E-state index in [1.54, 1.807) is 0 Å². The Balaban J connectivity index is 1.35. The van der Waals surface area contributed by atoms with Gasteiger partial charge in [0, 0.05) is 48.9 Å². The number of morpholine rings is 1. The first-order valence-corrected chi connectivity index (χ1v) is 10.2. The third-order valence-corrected chi connectivity index (χ3v) is 6.80. The molecule has 1 amide bonds. The van der Waals surface area contributed by atoms with Gasteiger partial charge in [-0.3, -0.25) is 9.69 Å². The third kappa shape index (κ3) is 4.08. The van der Waals surface area contributed by atoms with E-state index in [2.05, 4.69) is 24.0 Å². The molecule has 4 heterocycles. The van der Waals surface area contributed by atoms with E-state index < -0.39 is 0 Å². The number of nitrogens with zero attached hydrogens (tertiary/aromatic N) is 2. The van der Waals surface area contributed by atoms with Gasteiger partial charge in [-0.05, 0) is 36.8 Å². The number of hydrogen-bond acceptors (Lipinski definition) is 5. The van der Waals surface area contributed by atoms with Gasteiger partial charge in [-0.2, -0.15) is 0 Å². The van der Waals surface area contributed by atoms with Crippen LogP contribution in [0.2, 0.25) is 0 Å². The van der Waals surface area contributed by atoms with E-state index in [0.29, 0.717) is 37.4 Å². The van der Waals surface area contributed by atoms with Crippen LogP contribution in [0.3, 0.4) is 0 Å². The molecule has 3 fully saturated rings. The zero-order valence-electron chi connectivity index (χ0n) is 15.0. The highest BCUT2D eigenvalue weighted by Gasteiger charge is 2.42. The van der Waals surface area contributed by atoms with Crippen LogP contribution in [-0.2, 0) is 20.8 Å². The molecule has 0 saturated carbocycles. The lowest BCUT2D eigenvalue weighted by molar-refractivity contribution is -0.138. The molecule has 25 heavy (non-hydrogen) atoms. The van der Waals surface area contributed by atoms with Gasteiger partial charge in [0.15, 0.2) is 0 Å². The minimum Gasteiger partial charge on any atom is -0.381 e. The highest BCUT2D eigenvalue weighted by Crippen LogP contribution is 2.37. The topological polar surface area (TPSA) is 42.0 Å². The zero-order valence-corrected chi connectivity index (χ0v) is 15.8. The van der Waals surface area contributed by atoms with Crippen LogP contribution in [0.1, 0.15) is 16.2 Å². The molecule has 3 aliphatic rings. The Morgan fingerprint density at radius 1 is 1.20 bits per heavy atom. The largest absolute Gasteiger partial charge is 0.381 e. The van der Waals surface area contributed by atoms with Crippen LogP contribution < -0.4 is 0 Å². The molecule has 0 aliphatic carbocycles. The summed E-state index contributed by atoms with van der Waals surface area (Å²) in [5.74, 6) is 1.83. The highest BCUT2D eigenvalue weighted by atomic mass is 32.1. The molecule has 3 atom stereocenters. The smallest absolute Gasteiger partial charge is 0.223 e. The van der Waals surface area contributed by atoms with Crippen LogP contribution in [-0.4, -0.2) is 68.3 Å². The van der Waals surface area contributed by atoms with Gasteiger partial charge in [0.05, 0.1) is 26.4 Å². The molecule has 0 radical (unpaired) electrons. The number of thiophene rings is 1. The molecular formula is C19H28N2O3S. The van der Waals surface area contributed by atoms with Crippen LogP contribution in [0.5, 0.6) is 0 Å². The summed E-state index contributed by atoms with van der Waals surface area (Å²) in [6.45, 7) is 9.83. The number of ether oxygens (including phenoxy) is 2. The fourth-order valence-electron chi connectivity index (χ4n) is 4.49. The maximum absolute atomic E-state index is 12.6. The lowest BCUT2D eigenvalue weighted by Crippen LogP contribution is -2.44. The molecule has 0 spiro atoms. The fourth-order valence-corrected chi connectivity index (χ4v) is 5.42. The lowest BCUT2D eigenvalue weighted by Gasteiger charge is -2.35. The number of carbonyl (C=O) groups excluding carboxylic acids is 1. The van der Waals surface area contributed by atoms with Gasteiger partial charge in [-0.1, -0.05) is 0 Å². The molecular weight excluding hydrogens is 336 g/mol. The van der Waals surface area contributed by atoms with E-state index in [0.717, 1.165) is 45.9 Å². The van der Waals surface area contributed by atoms with Crippen molar-refractivity contribution in [2.45, 2.75) is 19.9 Å². The van der Waals surface area contributed by atoms with Gasteiger partial charge >= 0.3 is 0 Å². The summed E-state index contributed by atoms with van der Waals surface area (Å²) in [4.78, 5) is 20.0. The molecule has 5 nitrogen and oxygen atoms in total. The number of likely N-dealkylation sites (tertiary alicyclic amines) is 1. The monoisotopic (exact) mass is 364 g/mol. The lowest BCUT2D eigenvalue weighted by atomic mass is 9.81. The SMILES string of the molecule is Cc1ccc(CN2C[C@H]3COC[C@H](CC(=O)N4CCOCC4)[C@H]3C2)s1. The van der Waals surface area contributed by atoms with Crippen molar-refractivity contribution in [2.24, 2.45) is 17.8 Å². The molecule has 138 valence electrons. The number of aryl methyl sites for hydroxylation is 1. The Morgan fingerprint density at radius 3 is 2.80 bits per heavy atom. The normalized spacial score (nSPS) is 30.4. The first-order chi connectivity index (χ1) is 12.2. The number of carbonyl (C=O) groups is 1. The Kier molecular flexibility index (Phi) is 5.41. The number of fused-ring (bicyclic) bond motifs is 1. The molecule has 0 aromatic carbocycles. The van der Waals surface area contributed by atoms with Crippen molar-refractivity contribution in [3.05, 3.63) is 21.9 Å². The van der Waals surface area contributed by atoms with Crippen molar-refractivity contribution in [3.63, 3.8) is 0 Å². The van der Waals surface area contributed by atoms with Crippen molar-refractivity contribution in [1.29, 1.82) is 0 Å². The van der Waals surface area contributed by atoms with E-state index >= 15 is 0 Å². The van der Waals surface area contributed by atoms with Gasteiger partial charge in [0.1, 0.15) is 0 Å². The molecule has 3 aliphatic heterocycles. The summed E-state index contributed by atoms with van der Waals surface area (Å²) in [7, 11) is 0. The molecule has 4 rings (SSSR count). The highest BCUT2D eigenvalue weighted by molar-refractivity contribution is 7.11. The van der Waals surface area contributed by atoms with E-state index in [9.17, 15) is 4.79 Å². The van der Waals surface area contributed by atoms with Crippen molar-refractivity contribution >= 4 is 17.2 Å². The second-order valence-electron chi connectivity index (χ2n) is 7.63. The zero-order chi connectivity index (χ0) is 17.2. The van der Waals surface area contributed by atoms with Crippen molar-refractivity contribution < 1.29 is 14.3 Å². The van der Waals surface area contributed by atoms with Gasteiger partial charge in [0.25, 0.3) is 0 Å². The molecule has 1 aromatic heterocycles. The van der Waals surface area contributed by atoms with Gasteiger partial charge in [-0.25, -0.2) is 0 Å². The second-order valence-corrected chi connectivity index (χ2v) is 9.00. The Morgan fingerprint density at radius 2 is 2.04 bits per heavy atom. The molecule has 0 unspecified atom stereocenters. The van der Waals surface area contributed by atoms with Crippen LogP contribution >= 0.6 is 11.3 Å². The third-order valence-electron chi connectivity index (χ3n) is 5.81. The van der Waals surface area contributed by atoms with Crippen LogP contribution in [0.25, 0.3) is 0 Å². The summed E-state index contributed by atoms with van der Waals surface area (Å²) >= 11 is 1.89. The molecule has 6 heteroatoms. The average Bonchev–Trinajstić information content (AvgIpc) is 3.22. The van der Waals surface area contributed by atoms with Crippen LogP contribution in [0.15, 0.2) is 12.1 Å². The predicted molar refractivity (Wildman–Crippen MR) is 97.6 cm³/mol. The molecule has 0 N–H and O–H groups in total. The van der Waals surface area contributed by atoms with Crippen LogP contribution in [0, 0.1) is 24.7 Å². The maximum Gasteiger partial charge on any atom is 0.223 e. The first kappa shape index (κ1) is 17.5. The maximum atomic E-state index is 12.6. The minimum atomic E-state index is 0.282. The summed E-state index contributed by atoms with van der Waals surface area (Å²) in [6, 6.07) is 4.45. The number of amides is 1. The first-order valence-electron chi connectivity index (χ1n) is 9.40. The summed E-state index contributed by atoms with van der Waals surface area (Å²) in [6.07, 6.45) is 0.632. The minimum absolute atomic E-state index is 0.282. The van der Waals surface area contributed by atoms with E-state index in [1.807, 2.05) is 16.2 Å². The predicted octanol–water partition coefficient (Wildman–Crippen LogP) is 2.00. The summed E-state index contributed by atoms with van der Waals surface area (Å²) < 4.78 is 11.2. The quantitative estimate of drug-likeness (QED) is 0.820. The van der Waals surface area contributed by atoms with E-state index in [-0.39, 0.29) is 5.91 Å². The van der Waals surface area contributed by atoms with E-state index in [4.69, 9.17) is 9.47 Å². The van der Waals surface area contributed by atoms with Gasteiger partial charge in [0.2, 0.25) is 5.91 Å². The Bertz CT molecular complexity index is 599. The van der Waals surface area contributed by atoms with Crippen LogP contribution in [0.4, 0.5) is 0 Å². The van der Waals surface area contributed by atoms with Crippen molar-refractivity contribution in [2.75, 3.05) is 52.6 Å². The summed E-state index contributed by atoms with van der Waals surface area (Å²) in [5, 5.41) is 0. The molecule has 3 saturated heterocycles. The Labute approximate surface area is 153 Å². The molecule has 1 aromatic rings. The second kappa shape index (κ2) is 7.74. The molecule has 0 bridgehead atoms. The van der Waals surface area contributed by atoms with Crippen molar-refractivity contribution in [3.8, 4) is 0 Å². The van der Waals surface area contributed by atoms with E-state index in [1.165, 1.54) is 9.75 Å². The Hall–Kier alpha value is -0.950. The average molecular weight is 365 g/mol. The number of hydrogen-bond donors (Lipinski definition) is 0. The number of rotatable bonds is 4.